The predicted molar refractivity (Wildman–Crippen MR) is 90.5 cm³/mol. The fraction of sp³-hybridized carbons (Fsp3) is 0.500. The molecular formula is C14H17ClN2O2S2. The number of amidine groups is 1. The quantitative estimate of drug-likeness (QED) is 0.827. The van der Waals surface area contributed by atoms with E-state index in [1.165, 1.54) is 0 Å². The van der Waals surface area contributed by atoms with Crippen LogP contribution in [0.2, 0.25) is 5.02 Å². The van der Waals surface area contributed by atoms with Crippen molar-refractivity contribution in [3.8, 4) is 0 Å². The lowest BCUT2D eigenvalue weighted by molar-refractivity contribution is 0.601. The van der Waals surface area contributed by atoms with Gasteiger partial charge in [-0.25, -0.2) is 8.42 Å². The van der Waals surface area contributed by atoms with Crippen molar-refractivity contribution in [2.75, 3.05) is 23.0 Å². The summed E-state index contributed by atoms with van der Waals surface area (Å²) in [6, 6.07) is 5.86. The van der Waals surface area contributed by atoms with Crippen molar-refractivity contribution in [3.05, 3.63) is 28.8 Å². The van der Waals surface area contributed by atoms with Crippen molar-refractivity contribution in [3.63, 3.8) is 0 Å². The van der Waals surface area contributed by atoms with Crippen LogP contribution in [-0.4, -0.2) is 42.9 Å². The third kappa shape index (κ3) is 2.94. The Morgan fingerprint density at radius 3 is 2.81 bits per heavy atom. The Labute approximate surface area is 134 Å². The first-order chi connectivity index (χ1) is 9.89. The SMILES string of the molecule is CCN(C1=NC2CS(=O)(=O)CC2S1)c1ccc(C)c(Cl)c1. The summed E-state index contributed by atoms with van der Waals surface area (Å²) in [5.74, 6) is 0.419. The van der Waals surface area contributed by atoms with Gasteiger partial charge in [-0.15, -0.1) is 0 Å². The van der Waals surface area contributed by atoms with E-state index in [9.17, 15) is 8.42 Å². The van der Waals surface area contributed by atoms with Crippen molar-refractivity contribution in [1.29, 1.82) is 0 Å². The normalized spacial score (nSPS) is 26.5. The van der Waals surface area contributed by atoms with E-state index in [0.717, 1.165) is 28.0 Å². The molecule has 2 aliphatic heterocycles. The van der Waals surface area contributed by atoms with Crippen molar-refractivity contribution < 1.29 is 8.42 Å². The van der Waals surface area contributed by atoms with Gasteiger partial charge in [-0.1, -0.05) is 29.4 Å². The van der Waals surface area contributed by atoms with Crippen molar-refractivity contribution in [1.82, 2.24) is 0 Å². The van der Waals surface area contributed by atoms with Crippen LogP contribution in [0.25, 0.3) is 0 Å². The number of benzene rings is 1. The average molecular weight is 345 g/mol. The number of sulfone groups is 1. The molecule has 0 amide bonds. The second-order valence-corrected chi connectivity index (χ2v) is 9.16. The van der Waals surface area contributed by atoms with Gasteiger partial charge in [0.25, 0.3) is 0 Å². The Kier molecular flexibility index (Phi) is 3.96. The molecule has 0 bridgehead atoms. The van der Waals surface area contributed by atoms with Crippen LogP contribution in [-0.2, 0) is 9.84 Å². The van der Waals surface area contributed by atoms with E-state index in [1.54, 1.807) is 11.8 Å². The lowest BCUT2D eigenvalue weighted by Gasteiger charge is -2.23. The maximum atomic E-state index is 11.6. The summed E-state index contributed by atoms with van der Waals surface area (Å²) in [7, 11) is -2.91. The van der Waals surface area contributed by atoms with Crippen LogP contribution in [0.4, 0.5) is 5.69 Å². The van der Waals surface area contributed by atoms with E-state index >= 15 is 0 Å². The van der Waals surface area contributed by atoms with Crippen LogP contribution in [0.1, 0.15) is 12.5 Å². The van der Waals surface area contributed by atoms with Crippen LogP contribution >= 0.6 is 23.4 Å². The number of halogens is 1. The molecule has 0 aromatic heterocycles. The third-order valence-electron chi connectivity index (χ3n) is 3.82. The van der Waals surface area contributed by atoms with Gasteiger partial charge >= 0.3 is 0 Å². The summed E-state index contributed by atoms with van der Waals surface area (Å²) < 4.78 is 23.3. The highest BCUT2D eigenvalue weighted by Gasteiger charge is 2.43. The minimum atomic E-state index is -2.91. The smallest absolute Gasteiger partial charge is 0.164 e. The van der Waals surface area contributed by atoms with Gasteiger partial charge in [-0.3, -0.25) is 4.99 Å². The van der Waals surface area contributed by atoms with E-state index in [2.05, 4.69) is 16.8 Å². The maximum Gasteiger partial charge on any atom is 0.164 e. The summed E-state index contributed by atoms with van der Waals surface area (Å²) in [6.45, 7) is 4.80. The number of nitrogens with zero attached hydrogens (tertiary/aromatic N) is 2. The first-order valence-electron chi connectivity index (χ1n) is 6.88. The van der Waals surface area contributed by atoms with Gasteiger partial charge in [0, 0.05) is 22.5 Å². The first-order valence-corrected chi connectivity index (χ1v) is 9.96. The molecule has 1 aromatic rings. The number of aryl methyl sites for hydroxylation is 1. The average Bonchev–Trinajstić information content (AvgIpc) is 2.88. The Morgan fingerprint density at radius 2 is 2.19 bits per heavy atom. The molecular weight excluding hydrogens is 328 g/mol. The van der Waals surface area contributed by atoms with Crippen molar-refractivity contribution in [2.45, 2.75) is 25.1 Å². The standard InChI is InChI=1S/C14H17ClN2O2S2/c1-3-17(10-5-4-9(2)11(15)6-10)14-16-12-7-21(18,19)8-13(12)20-14/h4-6,12-13H,3,7-8H2,1-2H3. The van der Waals surface area contributed by atoms with E-state index < -0.39 is 9.84 Å². The van der Waals surface area contributed by atoms with Crippen LogP contribution in [0.3, 0.4) is 0 Å². The maximum absolute atomic E-state index is 11.6. The topological polar surface area (TPSA) is 49.7 Å². The molecule has 0 N–H and O–H groups in total. The molecule has 4 nitrogen and oxygen atoms in total. The molecule has 2 unspecified atom stereocenters. The van der Waals surface area contributed by atoms with Gasteiger partial charge in [0.05, 0.1) is 17.5 Å². The Morgan fingerprint density at radius 1 is 1.43 bits per heavy atom. The van der Waals surface area contributed by atoms with Gasteiger partial charge in [0.1, 0.15) is 0 Å². The van der Waals surface area contributed by atoms with Gasteiger partial charge < -0.3 is 4.90 Å². The number of anilines is 1. The minimum absolute atomic E-state index is 0.0694. The van der Waals surface area contributed by atoms with Crippen molar-refractivity contribution in [2.24, 2.45) is 4.99 Å². The first kappa shape index (κ1) is 15.2. The molecule has 2 aliphatic rings. The van der Waals surface area contributed by atoms with E-state index in [4.69, 9.17) is 11.6 Å². The number of hydrogen-bond acceptors (Lipinski definition) is 5. The Bertz CT molecular complexity index is 703. The largest absolute Gasteiger partial charge is 0.321 e. The second-order valence-electron chi connectivity index (χ2n) is 5.39. The summed E-state index contributed by atoms with van der Waals surface area (Å²) in [4.78, 5) is 6.73. The summed E-state index contributed by atoms with van der Waals surface area (Å²) in [6.07, 6.45) is 0. The van der Waals surface area contributed by atoms with Crippen molar-refractivity contribution >= 4 is 44.1 Å². The van der Waals surface area contributed by atoms with E-state index in [0.29, 0.717) is 0 Å². The lowest BCUT2D eigenvalue weighted by Crippen LogP contribution is -2.28. The zero-order chi connectivity index (χ0) is 15.2. The number of hydrogen-bond donors (Lipinski definition) is 0. The van der Waals surface area contributed by atoms with Crippen LogP contribution in [0.5, 0.6) is 0 Å². The van der Waals surface area contributed by atoms with E-state index in [-0.39, 0.29) is 22.8 Å². The molecule has 0 radical (unpaired) electrons. The molecule has 0 spiro atoms. The molecule has 21 heavy (non-hydrogen) atoms. The molecule has 7 heteroatoms. The summed E-state index contributed by atoms with van der Waals surface area (Å²) >= 11 is 7.78. The van der Waals surface area contributed by atoms with Crippen LogP contribution < -0.4 is 4.90 Å². The van der Waals surface area contributed by atoms with Gasteiger partial charge in [-0.2, -0.15) is 0 Å². The molecule has 0 saturated carbocycles. The fourth-order valence-corrected chi connectivity index (χ4v) is 6.67. The molecule has 2 heterocycles. The van der Waals surface area contributed by atoms with E-state index in [1.807, 2.05) is 25.1 Å². The molecule has 114 valence electrons. The van der Waals surface area contributed by atoms with Gasteiger partial charge in [-0.05, 0) is 31.5 Å². The highest BCUT2D eigenvalue weighted by molar-refractivity contribution is 8.15. The number of aliphatic imine (C=N–C) groups is 1. The molecule has 1 fully saturated rings. The molecule has 2 atom stereocenters. The molecule has 1 aromatic carbocycles. The Hall–Kier alpha value is -0.720. The summed E-state index contributed by atoms with van der Waals surface area (Å²) in [5, 5.41) is 1.71. The monoisotopic (exact) mass is 344 g/mol. The predicted octanol–water partition coefficient (Wildman–Crippen LogP) is 2.74. The lowest BCUT2D eigenvalue weighted by atomic mass is 10.2. The van der Waals surface area contributed by atoms with Gasteiger partial charge in [0.15, 0.2) is 15.0 Å². The number of rotatable bonds is 2. The fourth-order valence-electron chi connectivity index (χ4n) is 2.65. The molecule has 3 rings (SSSR count). The van der Waals surface area contributed by atoms with Crippen LogP contribution in [0.15, 0.2) is 23.2 Å². The highest BCUT2D eigenvalue weighted by atomic mass is 35.5. The highest BCUT2D eigenvalue weighted by Crippen LogP contribution is 2.37. The minimum Gasteiger partial charge on any atom is -0.321 e. The Balaban J connectivity index is 1.87. The zero-order valence-corrected chi connectivity index (χ0v) is 14.3. The van der Waals surface area contributed by atoms with Crippen LogP contribution in [0, 0.1) is 6.92 Å². The number of thioether (sulfide) groups is 1. The zero-order valence-electron chi connectivity index (χ0n) is 11.9. The third-order valence-corrected chi connectivity index (χ3v) is 7.47. The number of fused-ring (bicyclic) bond motifs is 1. The molecule has 1 saturated heterocycles. The second kappa shape index (κ2) is 5.48. The molecule has 0 aliphatic carbocycles. The summed E-state index contributed by atoms with van der Waals surface area (Å²) in [5.41, 5.74) is 2.04. The van der Waals surface area contributed by atoms with Gasteiger partial charge in [0.2, 0.25) is 0 Å².